The van der Waals surface area contributed by atoms with E-state index in [1.54, 1.807) is 28.4 Å². The molecule has 6 aromatic rings. The van der Waals surface area contributed by atoms with Gasteiger partial charge in [0.2, 0.25) is 0 Å². The van der Waals surface area contributed by atoms with Gasteiger partial charge in [0.05, 0.1) is 52.8 Å². The van der Waals surface area contributed by atoms with Crippen LogP contribution in [0.4, 0.5) is 0 Å². The van der Waals surface area contributed by atoms with Crippen molar-refractivity contribution in [3.05, 3.63) is 119 Å². The molecule has 0 unspecified atom stereocenters. The minimum Gasteiger partial charge on any atom is -0.497 e. The SMILES string of the molecule is COc1cc(OC)c2c(-c3ccccc3)c3c(cc2c1)CCOC3=O.COc1cc(OC)c2c(-c3ccccc3)c3c(cc2c1)CCOC3=O. The number of carbonyl (C=O) groups is 2. The Morgan fingerprint density at radius 3 is 1.24 bits per heavy atom. The molecule has 0 spiro atoms. The highest BCUT2D eigenvalue weighted by atomic mass is 16.5. The van der Waals surface area contributed by atoms with Gasteiger partial charge in [0.15, 0.2) is 0 Å². The largest absolute Gasteiger partial charge is 0.497 e. The molecule has 0 saturated carbocycles. The van der Waals surface area contributed by atoms with E-state index < -0.39 is 0 Å². The van der Waals surface area contributed by atoms with Gasteiger partial charge in [-0.15, -0.1) is 0 Å². The van der Waals surface area contributed by atoms with Crippen LogP contribution in [0.2, 0.25) is 0 Å². The van der Waals surface area contributed by atoms with E-state index in [1.165, 1.54) is 0 Å². The van der Waals surface area contributed by atoms with Crippen LogP contribution < -0.4 is 18.9 Å². The van der Waals surface area contributed by atoms with Crippen molar-refractivity contribution in [3.63, 3.8) is 0 Å². The zero-order chi connectivity index (χ0) is 34.8. The minimum absolute atomic E-state index is 0.278. The second kappa shape index (κ2) is 13.8. The Kier molecular flexibility index (Phi) is 9.00. The number of hydrogen-bond donors (Lipinski definition) is 0. The van der Waals surface area contributed by atoms with E-state index >= 15 is 0 Å². The van der Waals surface area contributed by atoms with E-state index in [0.29, 0.717) is 48.7 Å². The van der Waals surface area contributed by atoms with Gasteiger partial charge in [0.1, 0.15) is 23.0 Å². The highest BCUT2D eigenvalue weighted by molar-refractivity contribution is 6.13. The van der Waals surface area contributed by atoms with Crippen molar-refractivity contribution < 1.29 is 38.0 Å². The van der Waals surface area contributed by atoms with E-state index in [-0.39, 0.29) is 11.9 Å². The van der Waals surface area contributed by atoms with Gasteiger partial charge >= 0.3 is 11.9 Å². The van der Waals surface area contributed by atoms with Crippen molar-refractivity contribution in [2.24, 2.45) is 0 Å². The number of rotatable bonds is 6. The van der Waals surface area contributed by atoms with Crippen LogP contribution in [-0.2, 0) is 22.3 Å². The van der Waals surface area contributed by atoms with E-state index in [9.17, 15) is 9.59 Å². The Hall–Kier alpha value is -6.02. The molecule has 0 atom stereocenters. The smallest absolute Gasteiger partial charge is 0.339 e. The first-order chi connectivity index (χ1) is 24.4. The van der Waals surface area contributed by atoms with Gasteiger partial charge < -0.3 is 28.4 Å². The fourth-order valence-electron chi connectivity index (χ4n) is 6.93. The van der Waals surface area contributed by atoms with Crippen molar-refractivity contribution in [1.82, 2.24) is 0 Å². The third-order valence-electron chi connectivity index (χ3n) is 9.17. The Labute approximate surface area is 290 Å². The summed E-state index contributed by atoms with van der Waals surface area (Å²) in [4.78, 5) is 25.1. The highest BCUT2D eigenvalue weighted by Crippen LogP contribution is 2.44. The van der Waals surface area contributed by atoms with E-state index in [0.717, 1.165) is 66.4 Å². The lowest BCUT2D eigenvalue weighted by Crippen LogP contribution is -2.19. The molecule has 0 fully saturated rings. The van der Waals surface area contributed by atoms with Gasteiger partial charge in [-0.25, -0.2) is 9.59 Å². The molecule has 0 N–H and O–H groups in total. The number of esters is 2. The molecule has 0 aliphatic carbocycles. The second-order valence-corrected chi connectivity index (χ2v) is 11.9. The Balaban J connectivity index is 0.000000157. The maximum atomic E-state index is 12.6. The molecule has 8 nitrogen and oxygen atoms in total. The van der Waals surface area contributed by atoms with Crippen LogP contribution in [0.5, 0.6) is 23.0 Å². The number of methoxy groups -OCH3 is 4. The van der Waals surface area contributed by atoms with Crippen molar-refractivity contribution in [2.75, 3.05) is 41.7 Å². The fourth-order valence-corrected chi connectivity index (χ4v) is 6.93. The van der Waals surface area contributed by atoms with Crippen LogP contribution in [0, 0.1) is 0 Å². The van der Waals surface area contributed by atoms with Gasteiger partial charge in [-0.05, 0) is 57.3 Å². The predicted molar refractivity (Wildman–Crippen MR) is 193 cm³/mol. The normalized spacial score (nSPS) is 13.3. The molecule has 2 heterocycles. The van der Waals surface area contributed by atoms with E-state index in [2.05, 4.69) is 0 Å². The lowest BCUT2D eigenvalue weighted by Gasteiger charge is -2.22. The van der Waals surface area contributed by atoms with Crippen LogP contribution in [-0.4, -0.2) is 53.6 Å². The molecule has 252 valence electrons. The molecule has 8 rings (SSSR count). The average molecular weight is 669 g/mol. The van der Waals surface area contributed by atoms with Gasteiger partial charge in [-0.1, -0.05) is 60.7 Å². The minimum atomic E-state index is -0.278. The first-order valence-corrected chi connectivity index (χ1v) is 16.3. The molecule has 0 saturated heterocycles. The van der Waals surface area contributed by atoms with Crippen molar-refractivity contribution in [3.8, 4) is 45.3 Å². The number of fused-ring (bicyclic) bond motifs is 4. The van der Waals surface area contributed by atoms with Crippen LogP contribution in [0.1, 0.15) is 31.8 Å². The first-order valence-electron chi connectivity index (χ1n) is 16.3. The summed E-state index contributed by atoms with van der Waals surface area (Å²) in [6.07, 6.45) is 1.41. The van der Waals surface area contributed by atoms with Gasteiger partial charge in [-0.2, -0.15) is 0 Å². The lowest BCUT2D eigenvalue weighted by molar-refractivity contribution is 0.0472. The maximum absolute atomic E-state index is 12.6. The summed E-state index contributed by atoms with van der Waals surface area (Å²) in [5.74, 6) is 2.24. The zero-order valence-corrected chi connectivity index (χ0v) is 28.3. The molecular formula is C42H36O8. The number of benzene rings is 6. The molecule has 6 aromatic carbocycles. The lowest BCUT2D eigenvalue weighted by atomic mass is 9.87. The van der Waals surface area contributed by atoms with Crippen molar-refractivity contribution >= 4 is 33.5 Å². The number of cyclic esters (lactones) is 2. The Bertz CT molecular complexity index is 2080. The standard InChI is InChI=1S/2C21H18O4/c2*1-23-16-11-15-10-14-8-9-25-21(22)20(14)19(13-6-4-3-5-7-13)18(15)17(12-16)24-2/h2*3-7,10-12H,8-9H2,1-2H3. The van der Waals surface area contributed by atoms with Crippen LogP contribution in [0.3, 0.4) is 0 Å². The van der Waals surface area contributed by atoms with E-state index in [4.69, 9.17) is 28.4 Å². The summed E-state index contributed by atoms with van der Waals surface area (Å²) in [5, 5.41) is 3.77. The predicted octanol–water partition coefficient (Wildman–Crippen LogP) is 8.47. The Morgan fingerprint density at radius 2 is 0.880 bits per heavy atom. The third-order valence-corrected chi connectivity index (χ3v) is 9.17. The maximum Gasteiger partial charge on any atom is 0.339 e. The molecule has 0 bridgehead atoms. The number of carbonyl (C=O) groups excluding carboxylic acids is 2. The summed E-state index contributed by atoms with van der Waals surface area (Å²) in [7, 11) is 6.52. The third kappa shape index (κ3) is 5.83. The summed E-state index contributed by atoms with van der Waals surface area (Å²) >= 11 is 0. The molecule has 0 radical (unpaired) electrons. The average Bonchev–Trinajstić information content (AvgIpc) is 3.16. The summed E-state index contributed by atoms with van der Waals surface area (Å²) < 4.78 is 32.7. The first kappa shape index (κ1) is 32.5. The topological polar surface area (TPSA) is 89.5 Å². The fraction of sp³-hybridized carbons (Fsp3) is 0.190. The van der Waals surface area contributed by atoms with Crippen molar-refractivity contribution in [2.45, 2.75) is 12.8 Å². The monoisotopic (exact) mass is 668 g/mol. The van der Waals surface area contributed by atoms with E-state index in [1.807, 2.05) is 97.1 Å². The van der Waals surface area contributed by atoms with Crippen molar-refractivity contribution in [1.29, 1.82) is 0 Å². The van der Waals surface area contributed by atoms with Gasteiger partial charge in [0, 0.05) is 46.9 Å². The van der Waals surface area contributed by atoms with Crippen LogP contribution >= 0.6 is 0 Å². The summed E-state index contributed by atoms with van der Waals surface area (Å²) in [5.41, 5.74) is 6.91. The Morgan fingerprint density at radius 1 is 0.480 bits per heavy atom. The molecule has 0 amide bonds. The quantitative estimate of drug-likeness (QED) is 0.163. The van der Waals surface area contributed by atoms with Gasteiger partial charge in [0.25, 0.3) is 0 Å². The summed E-state index contributed by atoms with van der Waals surface area (Å²) in [6, 6.07) is 31.5. The summed E-state index contributed by atoms with van der Waals surface area (Å²) in [6.45, 7) is 0.819. The molecule has 2 aliphatic heterocycles. The zero-order valence-electron chi connectivity index (χ0n) is 28.3. The number of hydrogen-bond acceptors (Lipinski definition) is 8. The van der Waals surface area contributed by atoms with Gasteiger partial charge in [-0.3, -0.25) is 0 Å². The molecule has 2 aliphatic rings. The second-order valence-electron chi connectivity index (χ2n) is 11.9. The molecule has 0 aromatic heterocycles. The molecular weight excluding hydrogens is 632 g/mol. The number of ether oxygens (including phenoxy) is 6. The molecule has 8 heteroatoms. The van der Waals surface area contributed by atoms with Crippen LogP contribution in [0.15, 0.2) is 97.1 Å². The molecule has 50 heavy (non-hydrogen) atoms. The van der Waals surface area contributed by atoms with Crippen LogP contribution in [0.25, 0.3) is 43.8 Å². The highest BCUT2D eigenvalue weighted by Gasteiger charge is 2.28.